The second-order valence-electron chi connectivity index (χ2n) is 6.92. The Morgan fingerprint density at radius 2 is 1.33 bits per heavy atom. The highest BCUT2D eigenvalue weighted by Crippen LogP contribution is 2.36. The Kier molecular flexibility index (Phi) is 3.95. The van der Waals surface area contributed by atoms with Crippen molar-refractivity contribution in [1.29, 1.82) is 0 Å². The summed E-state index contributed by atoms with van der Waals surface area (Å²) >= 11 is 0. The molecule has 2 heteroatoms. The van der Waals surface area contributed by atoms with E-state index in [-0.39, 0.29) is 6.04 Å². The fraction of sp³-hybridized carbons (Fsp3) is 0.0800. The molecule has 1 aliphatic rings. The van der Waals surface area contributed by atoms with E-state index in [9.17, 15) is 0 Å². The summed E-state index contributed by atoms with van der Waals surface area (Å²) in [5, 5.41) is 9.73. The van der Waals surface area contributed by atoms with Crippen LogP contribution in [0.25, 0.3) is 10.8 Å². The highest BCUT2D eigenvalue weighted by atomic mass is 15.5. The molecule has 0 spiro atoms. The Balaban J connectivity index is 1.58. The number of hydrogen-bond acceptors (Lipinski definition) is 2. The van der Waals surface area contributed by atoms with Crippen LogP contribution in [0.4, 0.5) is 5.69 Å². The van der Waals surface area contributed by atoms with E-state index in [1.54, 1.807) is 0 Å². The molecule has 5 rings (SSSR count). The van der Waals surface area contributed by atoms with Crippen molar-refractivity contribution in [3.05, 3.63) is 114 Å². The first-order valence-corrected chi connectivity index (χ1v) is 9.34. The van der Waals surface area contributed by atoms with Crippen LogP contribution in [-0.2, 0) is 0 Å². The van der Waals surface area contributed by atoms with Gasteiger partial charge in [0.25, 0.3) is 0 Å². The van der Waals surface area contributed by atoms with Crippen molar-refractivity contribution in [2.45, 2.75) is 12.5 Å². The minimum absolute atomic E-state index is 0.218. The number of fused-ring (bicyclic) bond motifs is 1. The van der Waals surface area contributed by atoms with Crippen molar-refractivity contribution < 1.29 is 0 Å². The smallest absolute Gasteiger partial charge is 0.0831 e. The van der Waals surface area contributed by atoms with E-state index >= 15 is 0 Å². The van der Waals surface area contributed by atoms with Crippen molar-refractivity contribution in [2.24, 2.45) is 5.10 Å². The lowest BCUT2D eigenvalue weighted by molar-refractivity contribution is 0.709. The van der Waals surface area contributed by atoms with Gasteiger partial charge in [-0.1, -0.05) is 84.9 Å². The van der Waals surface area contributed by atoms with Crippen molar-refractivity contribution in [3.63, 3.8) is 0 Å². The first kappa shape index (κ1) is 15.8. The minimum atomic E-state index is 0.218. The Hall–Kier alpha value is -3.39. The van der Waals surface area contributed by atoms with Gasteiger partial charge in [0.15, 0.2) is 0 Å². The van der Waals surface area contributed by atoms with Gasteiger partial charge in [0.2, 0.25) is 0 Å². The first-order valence-electron chi connectivity index (χ1n) is 9.34. The van der Waals surface area contributed by atoms with Crippen LogP contribution < -0.4 is 5.01 Å². The molecule has 0 radical (unpaired) electrons. The molecule has 0 aromatic heterocycles. The summed E-state index contributed by atoms with van der Waals surface area (Å²) in [5.41, 5.74) is 4.76. The summed E-state index contributed by atoms with van der Waals surface area (Å²) in [7, 11) is 0. The van der Waals surface area contributed by atoms with Crippen molar-refractivity contribution in [2.75, 3.05) is 5.01 Å². The third kappa shape index (κ3) is 3.00. The van der Waals surface area contributed by atoms with E-state index in [0.717, 1.165) is 17.8 Å². The van der Waals surface area contributed by atoms with Gasteiger partial charge in [0, 0.05) is 6.42 Å². The molecule has 130 valence electrons. The Morgan fingerprint density at radius 1 is 0.667 bits per heavy atom. The van der Waals surface area contributed by atoms with Gasteiger partial charge in [-0.25, -0.2) is 0 Å². The Morgan fingerprint density at radius 3 is 2.11 bits per heavy atom. The SMILES string of the molecule is c1ccc(C2CC(c3ccc4ccccc4c3)=NN2c2ccccc2)cc1. The molecule has 1 aliphatic heterocycles. The number of para-hydroxylation sites is 1. The summed E-state index contributed by atoms with van der Waals surface area (Å²) < 4.78 is 0. The Labute approximate surface area is 159 Å². The normalized spacial score (nSPS) is 16.5. The summed E-state index contributed by atoms with van der Waals surface area (Å²) in [5.74, 6) is 0. The van der Waals surface area contributed by atoms with E-state index in [0.29, 0.717) is 0 Å². The molecule has 0 amide bonds. The van der Waals surface area contributed by atoms with E-state index in [2.05, 4.69) is 102 Å². The van der Waals surface area contributed by atoms with Crippen LogP contribution in [0.1, 0.15) is 23.6 Å². The molecule has 0 bridgehead atoms. The van der Waals surface area contributed by atoms with Crippen molar-refractivity contribution >= 4 is 22.2 Å². The molecular weight excluding hydrogens is 328 g/mol. The number of hydrazone groups is 1. The molecule has 4 aromatic carbocycles. The van der Waals surface area contributed by atoms with E-state index in [1.807, 2.05) is 6.07 Å². The third-order valence-corrected chi connectivity index (χ3v) is 5.20. The number of rotatable bonds is 3. The van der Waals surface area contributed by atoms with Crippen LogP contribution in [0.15, 0.2) is 108 Å². The minimum Gasteiger partial charge on any atom is -0.257 e. The van der Waals surface area contributed by atoms with Crippen molar-refractivity contribution in [1.82, 2.24) is 0 Å². The lowest BCUT2D eigenvalue weighted by Crippen LogP contribution is -2.18. The third-order valence-electron chi connectivity index (χ3n) is 5.20. The maximum Gasteiger partial charge on any atom is 0.0831 e. The standard InChI is InChI=1S/C25H20N2/c1-3-10-20(11-4-1)25-18-24(26-27(25)23-13-5-2-6-14-23)22-16-15-19-9-7-8-12-21(19)17-22/h1-17,25H,18H2. The number of benzene rings is 4. The predicted octanol–water partition coefficient (Wildman–Crippen LogP) is 6.20. The fourth-order valence-electron chi connectivity index (χ4n) is 3.81. The number of nitrogens with zero attached hydrogens (tertiary/aromatic N) is 2. The second kappa shape index (κ2) is 6.73. The quantitative estimate of drug-likeness (QED) is 0.431. The molecule has 2 nitrogen and oxygen atoms in total. The largest absolute Gasteiger partial charge is 0.257 e. The van der Waals surface area contributed by atoms with Gasteiger partial charge in [-0.15, -0.1) is 0 Å². The highest BCUT2D eigenvalue weighted by Gasteiger charge is 2.29. The number of anilines is 1. The fourth-order valence-corrected chi connectivity index (χ4v) is 3.81. The average molecular weight is 348 g/mol. The van der Waals surface area contributed by atoms with Crippen LogP contribution in [0.2, 0.25) is 0 Å². The molecule has 0 saturated carbocycles. The van der Waals surface area contributed by atoms with Gasteiger partial charge >= 0.3 is 0 Å². The lowest BCUT2D eigenvalue weighted by Gasteiger charge is -2.23. The summed E-state index contributed by atoms with van der Waals surface area (Å²) in [6, 6.07) is 36.4. The van der Waals surface area contributed by atoms with E-state index < -0.39 is 0 Å². The topological polar surface area (TPSA) is 15.6 Å². The molecule has 1 unspecified atom stereocenters. The van der Waals surface area contributed by atoms with Gasteiger partial charge in [-0.05, 0) is 40.1 Å². The van der Waals surface area contributed by atoms with E-state index in [1.165, 1.54) is 21.9 Å². The molecule has 0 fully saturated rings. The molecule has 0 saturated heterocycles. The molecule has 0 aliphatic carbocycles. The zero-order valence-corrected chi connectivity index (χ0v) is 15.0. The monoisotopic (exact) mass is 348 g/mol. The molecular formula is C25H20N2. The van der Waals surface area contributed by atoms with Crippen LogP contribution in [0.3, 0.4) is 0 Å². The van der Waals surface area contributed by atoms with Gasteiger partial charge < -0.3 is 0 Å². The average Bonchev–Trinajstić information content (AvgIpc) is 3.20. The van der Waals surface area contributed by atoms with Gasteiger partial charge in [0.1, 0.15) is 0 Å². The van der Waals surface area contributed by atoms with Crippen LogP contribution >= 0.6 is 0 Å². The zero-order chi connectivity index (χ0) is 18.1. The molecule has 1 heterocycles. The lowest BCUT2D eigenvalue weighted by atomic mass is 9.97. The molecule has 1 atom stereocenters. The van der Waals surface area contributed by atoms with Gasteiger partial charge in [-0.2, -0.15) is 5.10 Å². The maximum atomic E-state index is 5.04. The predicted molar refractivity (Wildman–Crippen MR) is 113 cm³/mol. The Bertz CT molecular complexity index is 1100. The van der Waals surface area contributed by atoms with Crippen LogP contribution in [0, 0.1) is 0 Å². The first-order chi connectivity index (χ1) is 13.4. The highest BCUT2D eigenvalue weighted by molar-refractivity contribution is 6.05. The van der Waals surface area contributed by atoms with Crippen molar-refractivity contribution in [3.8, 4) is 0 Å². The summed E-state index contributed by atoms with van der Waals surface area (Å²) in [6.45, 7) is 0. The summed E-state index contributed by atoms with van der Waals surface area (Å²) in [4.78, 5) is 0. The number of hydrogen-bond donors (Lipinski definition) is 0. The van der Waals surface area contributed by atoms with Crippen LogP contribution in [0.5, 0.6) is 0 Å². The van der Waals surface area contributed by atoms with E-state index in [4.69, 9.17) is 5.10 Å². The summed E-state index contributed by atoms with van der Waals surface area (Å²) in [6.07, 6.45) is 0.900. The van der Waals surface area contributed by atoms with Gasteiger partial charge in [-0.3, -0.25) is 5.01 Å². The molecule has 27 heavy (non-hydrogen) atoms. The van der Waals surface area contributed by atoms with Crippen LogP contribution in [-0.4, -0.2) is 5.71 Å². The second-order valence-corrected chi connectivity index (χ2v) is 6.92. The molecule has 4 aromatic rings. The van der Waals surface area contributed by atoms with Gasteiger partial charge in [0.05, 0.1) is 17.4 Å². The maximum absolute atomic E-state index is 5.04. The molecule has 0 N–H and O–H groups in total. The zero-order valence-electron chi connectivity index (χ0n) is 15.0.